The molecule has 0 bridgehead atoms. The summed E-state index contributed by atoms with van der Waals surface area (Å²) in [7, 11) is 0. The van der Waals surface area contributed by atoms with Crippen LogP contribution in [-0.4, -0.2) is 40.0 Å². The van der Waals surface area contributed by atoms with Crippen LogP contribution in [0.1, 0.15) is 140 Å². The van der Waals surface area contributed by atoms with E-state index >= 15 is 0 Å². The van der Waals surface area contributed by atoms with Gasteiger partial charge in [-0.05, 0) is 123 Å². The predicted molar refractivity (Wildman–Crippen MR) is 190 cm³/mol. The number of Topliss-reactive ketones (excluding diaryl/α,β-unsaturated/α-hetero) is 1. The summed E-state index contributed by atoms with van der Waals surface area (Å²) in [5.41, 5.74) is -1.49. The molecular weight excluding hydrogens is 616 g/mol. The van der Waals surface area contributed by atoms with E-state index in [9.17, 15) is 29.4 Å². The van der Waals surface area contributed by atoms with Gasteiger partial charge < -0.3 is 14.9 Å². The van der Waals surface area contributed by atoms with Gasteiger partial charge in [-0.25, -0.2) is 0 Å². The molecule has 275 valence electrons. The molecule has 0 spiro atoms. The summed E-state index contributed by atoms with van der Waals surface area (Å²) < 4.78 is 6.18. The zero-order chi connectivity index (χ0) is 36.9. The number of rotatable bonds is 9. The fraction of sp³-hybridized carbons (Fsp3) is 0.833. The molecule has 7 heteroatoms. The molecule has 1 radical (unpaired) electrons. The number of allylic oxidation sites excluding steroid dienone is 1. The molecule has 0 aromatic heterocycles. The van der Waals surface area contributed by atoms with Gasteiger partial charge in [0.05, 0.1) is 17.8 Å². The number of ether oxygens (including phenoxy) is 1. The van der Waals surface area contributed by atoms with Crippen molar-refractivity contribution >= 4 is 23.7 Å². The Balaban J connectivity index is 1.46. The van der Waals surface area contributed by atoms with Gasteiger partial charge in [0, 0.05) is 23.7 Å². The fourth-order valence-corrected chi connectivity index (χ4v) is 13.0. The third-order valence-corrected chi connectivity index (χ3v) is 16.1. The Kier molecular flexibility index (Phi) is 9.27. The minimum atomic E-state index is -1.19. The number of carbonyl (C=O) groups is 4. The van der Waals surface area contributed by atoms with Crippen LogP contribution in [0, 0.1) is 79.8 Å². The zero-order valence-electron chi connectivity index (χ0n) is 32.3. The third-order valence-electron chi connectivity index (χ3n) is 16.1. The van der Waals surface area contributed by atoms with Gasteiger partial charge in [-0.15, -0.1) is 0 Å². The van der Waals surface area contributed by atoms with E-state index in [1.54, 1.807) is 13.8 Å². The van der Waals surface area contributed by atoms with Crippen molar-refractivity contribution in [3.05, 3.63) is 18.6 Å². The van der Waals surface area contributed by atoms with Crippen LogP contribution < -0.4 is 0 Å². The normalized spacial score (nSPS) is 41.8. The second kappa shape index (κ2) is 11.9. The molecule has 0 saturated heterocycles. The van der Waals surface area contributed by atoms with E-state index in [-0.39, 0.29) is 52.1 Å². The molecule has 5 saturated carbocycles. The van der Waals surface area contributed by atoms with Crippen LogP contribution in [0.2, 0.25) is 0 Å². The lowest BCUT2D eigenvalue weighted by atomic mass is 9.34. The summed E-state index contributed by atoms with van der Waals surface area (Å²) in [4.78, 5) is 52.0. The molecule has 5 aliphatic rings. The van der Waals surface area contributed by atoms with Crippen LogP contribution in [0.5, 0.6) is 0 Å². The van der Waals surface area contributed by atoms with Crippen molar-refractivity contribution in [2.75, 3.05) is 0 Å². The van der Waals surface area contributed by atoms with Crippen molar-refractivity contribution in [1.29, 1.82) is 0 Å². The summed E-state index contributed by atoms with van der Waals surface area (Å²) >= 11 is 0. The minimum absolute atomic E-state index is 0.00434. The van der Waals surface area contributed by atoms with Gasteiger partial charge in [0.25, 0.3) is 0 Å². The number of carboxylic acid groups (broad SMARTS) is 2. The maximum absolute atomic E-state index is 14.6. The van der Waals surface area contributed by atoms with Crippen LogP contribution in [0.25, 0.3) is 0 Å². The lowest BCUT2D eigenvalue weighted by molar-refractivity contribution is -0.213. The number of hydrogen-bond donors (Lipinski definition) is 2. The highest BCUT2D eigenvalue weighted by Gasteiger charge is 2.73. The molecule has 0 heterocycles. The first-order chi connectivity index (χ1) is 22.3. The maximum Gasteiger partial charge on any atom is 0.309 e. The molecule has 2 N–H and O–H groups in total. The van der Waals surface area contributed by atoms with Gasteiger partial charge in [-0.2, -0.15) is 0 Å². The Morgan fingerprint density at radius 2 is 1.49 bits per heavy atom. The Morgan fingerprint density at radius 3 is 2.04 bits per heavy atom. The summed E-state index contributed by atoms with van der Waals surface area (Å²) in [5, 5.41) is 19.8. The lowest BCUT2D eigenvalue weighted by Gasteiger charge is -2.70. The second-order valence-corrected chi connectivity index (χ2v) is 20.4. The molecule has 3 unspecified atom stereocenters. The van der Waals surface area contributed by atoms with Gasteiger partial charge in [-0.3, -0.25) is 19.2 Å². The number of hydrogen-bond acceptors (Lipinski definition) is 5. The SMILES string of the molecule is C=C(C)[C@@H]1CC[C@]2(C(=O)CC(C(=O)O)C(C)(C)C)CC[C@]3(C)C(CC[C@@H]4[C@@]5(C)[CH][C@H](OC(=O)CC(C)(C)C(=O)O)C(C)(C)[C@@H]5CC[C@]43C)C12. The number of fused-ring (bicyclic) bond motifs is 7. The molecule has 7 nitrogen and oxygen atoms in total. The van der Waals surface area contributed by atoms with E-state index in [2.05, 4.69) is 54.5 Å². The highest BCUT2D eigenvalue weighted by Crippen LogP contribution is 2.78. The first kappa shape index (κ1) is 38.1. The zero-order valence-corrected chi connectivity index (χ0v) is 32.3. The topological polar surface area (TPSA) is 118 Å². The number of esters is 1. The Labute approximate surface area is 295 Å². The maximum atomic E-state index is 14.6. The first-order valence-corrected chi connectivity index (χ1v) is 19.0. The summed E-state index contributed by atoms with van der Waals surface area (Å²) in [6, 6.07) is 0. The van der Waals surface area contributed by atoms with E-state index < -0.39 is 46.2 Å². The number of aliphatic carboxylic acids is 2. The van der Waals surface area contributed by atoms with E-state index in [0.717, 1.165) is 56.9 Å². The van der Waals surface area contributed by atoms with Gasteiger partial charge in [0.2, 0.25) is 0 Å². The highest BCUT2D eigenvalue weighted by atomic mass is 16.5. The van der Waals surface area contributed by atoms with Crippen LogP contribution in [0.4, 0.5) is 0 Å². The van der Waals surface area contributed by atoms with Gasteiger partial charge >= 0.3 is 17.9 Å². The molecule has 49 heavy (non-hydrogen) atoms. The molecular formula is C42H65O7. The average molecular weight is 682 g/mol. The Hall–Kier alpha value is -2.18. The first-order valence-electron chi connectivity index (χ1n) is 19.0. The quantitative estimate of drug-likeness (QED) is 0.184. The van der Waals surface area contributed by atoms with E-state index in [0.29, 0.717) is 17.8 Å². The Morgan fingerprint density at radius 1 is 0.857 bits per heavy atom. The van der Waals surface area contributed by atoms with Crippen molar-refractivity contribution in [3.8, 4) is 0 Å². The van der Waals surface area contributed by atoms with Crippen molar-refractivity contribution < 1.29 is 34.1 Å². The van der Waals surface area contributed by atoms with Gasteiger partial charge in [0.1, 0.15) is 11.9 Å². The molecule has 0 amide bonds. The fourth-order valence-electron chi connectivity index (χ4n) is 13.0. The smallest absolute Gasteiger partial charge is 0.309 e. The van der Waals surface area contributed by atoms with Gasteiger partial charge in [-0.1, -0.05) is 67.5 Å². The van der Waals surface area contributed by atoms with Crippen LogP contribution in [-0.2, 0) is 23.9 Å². The molecule has 0 aromatic rings. The monoisotopic (exact) mass is 681 g/mol. The van der Waals surface area contributed by atoms with Crippen molar-refractivity contribution in [2.45, 2.75) is 146 Å². The number of ketones is 1. The number of carboxylic acids is 2. The largest absolute Gasteiger partial charge is 0.481 e. The van der Waals surface area contributed by atoms with Crippen molar-refractivity contribution in [3.63, 3.8) is 0 Å². The molecule has 0 aliphatic heterocycles. The summed E-state index contributed by atoms with van der Waals surface area (Å²) in [6.07, 6.45) is 9.55. The van der Waals surface area contributed by atoms with Crippen LogP contribution in [0.15, 0.2) is 12.2 Å². The molecule has 5 fully saturated rings. The highest BCUT2D eigenvalue weighted by molar-refractivity contribution is 5.89. The van der Waals surface area contributed by atoms with Crippen molar-refractivity contribution in [2.24, 2.45) is 73.4 Å². The van der Waals surface area contributed by atoms with Crippen molar-refractivity contribution in [1.82, 2.24) is 0 Å². The van der Waals surface area contributed by atoms with Gasteiger partial charge in [0.15, 0.2) is 0 Å². The molecule has 5 rings (SSSR count). The van der Waals surface area contributed by atoms with Crippen LogP contribution >= 0.6 is 0 Å². The standard InChI is InChI=1S/C42H65O7/c1-24(2)25-15-18-42(30(43)21-27(34(45)46)36(3,4)5)20-19-40(11)26(33(25)42)13-14-29-39(10)22-31(49-32(44)23-37(6,7)35(47)48)38(8,9)28(39)16-17-41(29,40)12/h22,25-29,31,33H,1,13-21,23H2,2-12H3,(H,45,46)(H,47,48)/t25-,26?,27?,28-,29+,31-,33?,39-,40+,41+,42+/m0/s1. The van der Waals surface area contributed by atoms with Crippen LogP contribution in [0.3, 0.4) is 0 Å². The second-order valence-electron chi connectivity index (χ2n) is 20.4. The Bertz CT molecular complexity index is 1400. The molecule has 0 aromatic carbocycles. The third kappa shape index (κ3) is 5.65. The lowest BCUT2D eigenvalue weighted by Crippen LogP contribution is -2.64. The van der Waals surface area contributed by atoms with E-state index in [1.165, 1.54) is 0 Å². The minimum Gasteiger partial charge on any atom is -0.481 e. The average Bonchev–Trinajstić information content (AvgIpc) is 3.44. The summed E-state index contributed by atoms with van der Waals surface area (Å²) in [6.45, 7) is 27.4. The van der Waals surface area contributed by atoms with E-state index in [1.807, 2.05) is 20.8 Å². The molecule has 5 aliphatic carbocycles. The van der Waals surface area contributed by atoms with E-state index in [4.69, 9.17) is 4.74 Å². The number of carbonyl (C=O) groups excluding carboxylic acids is 2. The summed E-state index contributed by atoms with van der Waals surface area (Å²) in [5.74, 6) is -1.42. The molecule has 11 atom stereocenters. The predicted octanol–water partition coefficient (Wildman–Crippen LogP) is 9.19.